The first-order valence-electron chi connectivity index (χ1n) is 7.51. The predicted molar refractivity (Wildman–Crippen MR) is 83.4 cm³/mol. The SMILES string of the molecule is O=S(=O)(CCN1CCC[C@H](OCCO)C1)Oc1ccccc1. The molecule has 1 aromatic carbocycles. The van der Waals surface area contributed by atoms with Crippen LogP contribution in [0.1, 0.15) is 12.8 Å². The van der Waals surface area contributed by atoms with Gasteiger partial charge >= 0.3 is 10.1 Å². The number of aliphatic hydroxyl groups excluding tert-OH is 1. The summed E-state index contributed by atoms with van der Waals surface area (Å²) in [5, 5.41) is 8.78. The third-order valence-corrected chi connectivity index (χ3v) is 4.66. The zero-order chi connectivity index (χ0) is 15.8. The van der Waals surface area contributed by atoms with Crippen LogP contribution < -0.4 is 4.18 Å². The molecule has 22 heavy (non-hydrogen) atoms. The minimum atomic E-state index is -3.59. The number of nitrogens with zero attached hydrogens (tertiary/aromatic N) is 1. The Kier molecular flexibility index (Phi) is 6.63. The largest absolute Gasteiger partial charge is 0.394 e. The van der Waals surface area contributed by atoms with Crippen molar-refractivity contribution in [1.82, 2.24) is 4.90 Å². The third-order valence-electron chi connectivity index (χ3n) is 3.53. The first-order valence-corrected chi connectivity index (χ1v) is 9.09. The number of hydrogen-bond acceptors (Lipinski definition) is 6. The van der Waals surface area contributed by atoms with Crippen LogP contribution in [0.15, 0.2) is 30.3 Å². The van der Waals surface area contributed by atoms with Crippen molar-refractivity contribution in [3.05, 3.63) is 30.3 Å². The average molecular weight is 329 g/mol. The maximum Gasteiger partial charge on any atom is 0.310 e. The molecule has 1 aliphatic heterocycles. The molecule has 0 aliphatic carbocycles. The van der Waals surface area contributed by atoms with E-state index < -0.39 is 10.1 Å². The summed E-state index contributed by atoms with van der Waals surface area (Å²) in [6.07, 6.45) is 1.98. The molecule has 124 valence electrons. The molecule has 0 amide bonds. The van der Waals surface area contributed by atoms with Crippen molar-refractivity contribution < 1.29 is 22.4 Å². The van der Waals surface area contributed by atoms with Gasteiger partial charge in [0.25, 0.3) is 0 Å². The molecule has 1 aliphatic rings. The molecule has 0 bridgehead atoms. The standard InChI is InChI=1S/C15H23NO5S/c17-10-11-20-15-7-4-8-16(13-15)9-12-22(18,19)21-14-5-2-1-3-6-14/h1-3,5-6,15,17H,4,7-13H2/t15-/m0/s1. The molecule has 0 unspecified atom stereocenters. The van der Waals surface area contributed by atoms with Gasteiger partial charge in [0.05, 0.1) is 25.1 Å². The quantitative estimate of drug-likeness (QED) is 0.713. The molecule has 0 radical (unpaired) electrons. The Morgan fingerprint density at radius 2 is 2.05 bits per heavy atom. The Bertz CT molecular complexity index is 534. The molecule has 1 atom stereocenters. The van der Waals surface area contributed by atoms with E-state index in [1.165, 1.54) is 0 Å². The fraction of sp³-hybridized carbons (Fsp3) is 0.600. The van der Waals surface area contributed by atoms with Crippen molar-refractivity contribution >= 4 is 10.1 Å². The zero-order valence-corrected chi connectivity index (χ0v) is 13.4. The van der Waals surface area contributed by atoms with Gasteiger partial charge in [-0.3, -0.25) is 4.90 Å². The van der Waals surface area contributed by atoms with Crippen LogP contribution in [-0.4, -0.2) is 63.1 Å². The molecule has 1 aromatic rings. The highest BCUT2D eigenvalue weighted by atomic mass is 32.2. The van der Waals surface area contributed by atoms with Crippen LogP contribution >= 0.6 is 0 Å². The number of ether oxygens (including phenoxy) is 1. The Morgan fingerprint density at radius 1 is 1.27 bits per heavy atom. The minimum absolute atomic E-state index is 0.00972. The lowest BCUT2D eigenvalue weighted by Crippen LogP contribution is -2.42. The van der Waals surface area contributed by atoms with E-state index in [1.807, 2.05) is 0 Å². The van der Waals surface area contributed by atoms with Crippen LogP contribution in [0.2, 0.25) is 0 Å². The topological polar surface area (TPSA) is 76.1 Å². The second kappa shape index (κ2) is 8.47. The van der Waals surface area contributed by atoms with Crippen molar-refractivity contribution in [3.8, 4) is 5.75 Å². The van der Waals surface area contributed by atoms with E-state index in [4.69, 9.17) is 14.0 Å². The van der Waals surface area contributed by atoms with E-state index in [0.29, 0.717) is 25.4 Å². The van der Waals surface area contributed by atoms with Crippen molar-refractivity contribution in [2.45, 2.75) is 18.9 Å². The number of likely N-dealkylation sites (tertiary alicyclic amines) is 1. The van der Waals surface area contributed by atoms with Crippen molar-refractivity contribution in [3.63, 3.8) is 0 Å². The van der Waals surface area contributed by atoms with Gasteiger partial charge in [-0.05, 0) is 31.5 Å². The molecular weight excluding hydrogens is 306 g/mol. The second-order valence-corrected chi connectivity index (χ2v) is 7.01. The molecule has 6 nitrogen and oxygen atoms in total. The molecular formula is C15H23NO5S. The van der Waals surface area contributed by atoms with Crippen molar-refractivity contribution in [1.29, 1.82) is 0 Å². The van der Waals surface area contributed by atoms with E-state index >= 15 is 0 Å². The Balaban J connectivity index is 1.78. The molecule has 1 saturated heterocycles. The molecule has 1 heterocycles. The van der Waals surface area contributed by atoms with E-state index in [-0.39, 0.29) is 18.5 Å². The monoisotopic (exact) mass is 329 g/mol. The van der Waals surface area contributed by atoms with Crippen LogP contribution in [0.25, 0.3) is 0 Å². The van der Waals surface area contributed by atoms with Crippen LogP contribution in [0.3, 0.4) is 0 Å². The van der Waals surface area contributed by atoms with Crippen LogP contribution in [0, 0.1) is 0 Å². The lowest BCUT2D eigenvalue weighted by atomic mass is 10.1. The van der Waals surface area contributed by atoms with Gasteiger partial charge in [-0.25, -0.2) is 0 Å². The fourth-order valence-corrected chi connectivity index (χ4v) is 3.45. The van der Waals surface area contributed by atoms with Gasteiger partial charge in [0.1, 0.15) is 5.75 Å². The number of rotatable bonds is 8. The van der Waals surface area contributed by atoms with E-state index in [9.17, 15) is 8.42 Å². The Hall–Kier alpha value is -1.15. The average Bonchev–Trinajstić information content (AvgIpc) is 2.52. The van der Waals surface area contributed by atoms with Crippen molar-refractivity contribution in [2.24, 2.45) is 0 Å². The Labute approximate surface area is 131 Å². The number of para-hydroxylation sites is 1. The number of aliphatic hydroxyl groups is 1. The summed E-state index contributed by atoms with van der Waals surface area (Å²) >= 11 is 0. The van der Waals surface area contributed by atoms with Crippen LogP contribution in [-0.2, 0) is 14.9 Å². The van der Waals surface area contributed by atoms with Gasteiger partial charge in [0.2, 0.25) is 0 Å². The molecule has 0 saturated carbocycles. The number of piperidine rings is 1. The number of hydrogen-bond donors (Lipinski definition) is 1. The first-order chi connectivity index (χ1) is 10.6. The van der Waals surface area contributed by atoms with Crippen LogP contribution in [0.5, 0.6) is 5.75 Å². The van der Waals surface area contributed by atoms with Gasteiger partial charge < -0.3 is 14.0 Å². The van der Waals surface area contributed by atoms with E-state index in [2.05, 4.69) is 4.90 Å². The van der Waals surface area contributed by atoms with Gasteiger partial charge in [-0.15, -0.1) is 0 Å². The summed E-state index contributed by atoms with van der Waals surface area (Å²) in [6, 6.07) is 8.52. The first kappa shape index (κ1) is 17.2. The highest BCUT2D eigenvalue weighted by molar-refractivity contribution is 7.87. The normalized spacial score (nSPS) is 20.0. The summed E-state index contributed by atoms with van der Waals surface area (Å²) in [4.78, 5) is 2.07. The van der Waals surface area contributed by atoms with Gasteiger partial charge in [-0.2, -0.15) is 8.42 Å². The summed E-state index contributed by atoms with van der Waals surface area (Å²) < 4.78 is 34.5. The predicted octanol–water partition coefficient (Wildman–Crippen LogP) is 0.868. The zero-order valence-electron chi connectivity index (χ0n) is 12.6. The molecule has 1 N–H and O–H groups in total. The maximum absolute atomic E-state index is 12.0. The highest BCUT2D eigenvalue weighted by Crippen LogP contribution is 2.15. The maximum atomic E-state index is 12.0. The summed E-state index contributed by atoms with van der Waals surface area (Å²) in [7, 11) is -3.59. The smallest absolute Gasteiger partial charge is 0.310 e. The molecule has 0 aromatic heterocycles. The van der Waals surface area contributed by atoms with E-state index in [0.717, 1.165) is 19.4 Å². The van der Waals surface area contributed by atoms with Gasteiger partial charge in [0.15, 0.2) is 0 Å². The van der Waals surface area contributed by atoms with Crippen LogP contribution in [0.4, 0.5) is 0 Å². The molecule has 0 spiro atoms. The lowest BCUT2D eigenvalue weighted by molar-refractivity contribution is -0.0131. The second-order valence-electron chi connectivity index (χ2n) is 5.32. The fourth-order valence-electron chi connectivity index (χ4n) is 2.48. The molecule has 1 fully saturated rings. The van der Waals surface area contributed by atoms with E-state index in [1.54, 1.807) is 30.3 Å². The van der Waals surface area contributed by atoms with Crippen molar-refractivity contribution in [2.75, 3.05) is 38.6 Å². The lowest BCUT2D eigenvalue weighted by Gasteiger charge is -2.32. The highest BCUT2D eigenvalue weighted by Gasteiger charge is 2.22. The third kappa shape index (κ3) is 5.92. The van der Waals surface area contributed by atoms with Gasteiger partial charge in [0, 0.05) is 13.1 Å². The minimum Gasteiger partial charge on any atom is -0.394 e. The number of benzene rings is 1. The molecule has 7 heteroatoms. The molecule has 2 rings (SSSR count). The summed E-state index contributed by atoms with van der Waals surface area (Å²) in [5.41, 5.74) is 0. The van der Waals surface area contributed by atoms with Gasteiger partial charge in [-0.1, -0.05) is 18.2 Å². The summed E-state index contributed by atoms with van der Waals surface area (Å²) in [6.45, 7) is 2.32. The summed E-state index contributed by atoms with van der Waals surface area (Å²) in [5.74, 6) is 0.291. The Morgan fingerprint density at radius 3 is 2.77 bits per heavy atom.